The summed E-state index contributed by atoms with van der Waals surface area (Å²) in [5.74, 6) is 0.128. The van der Waals surface area contributed by atoms with E-state index in [0.717, 1.165) is 6.42 Å². The van der Waals surface area contributed by atoms with E-state index in [1.807, 2.05) is 11.9 Å². The van der Waals surface area contributed by atoms with Gasteiger partial charge in [0.1, 0.15) is 0 Å². The molecule has 2 nitrogen and oxygen atoms in total. The van der Waals surface area contributed by atoms with Gasteiger partial charge in [-0.3, -0.25) is 4.79 Å². The molecule has 0 N–H and O–H groups in total. The largest absolute Gasteiger partial charge is 0.342 e. The minimum atomic E-state index is 0.0694. The van der Waals surface area contributed by atoms with Crippen molar-refractivity contribution in [3.8, 4) is 0 Å². The average molecular weight is 207 g/mol. The van der Waals surface area contributed by atoms with Gasteiger partial charge < -0.3 is 4.90 Å². The van der Waals surface area contributed by atoms with Crippen molar-refractivity contribution in [3.05, 3.63) is 23.8 Å². The molecule has 0 bridgehead atoms. The van der Waals surface area contributed by atoms with Crippen LogP contribution in [0, 0.1) is 5.41 Å². The Kier molecular flexibility index (Phi) is 3.38. The molecule has 1 amide bonds. The molecule has 0 aromatic carbocycles. The summed E-state index contributed by atoms with van der Waals surface area (Å²) in [6.07, 6.45) is 7.62. The molecular formula is C13H21NO. The molecule has 2 heteroatoms. The predicted octanol–water partition coefficient (Wildman–Crippen LogP) is 2.77. The standard InChI is InChI=1S/C13H21NO/c1-10-6-8-13(4,9-7-10)11(2)14(5)12(3)15/h6-8,11H,9H2,1-5H3. The first-order valence-electron chi connectivity index (χ1n) is 5.46. The van der Waals surface area contributed by atoms with Crippen molar-refractivity contribution in [1.82, 2.24) is 4.90 Å². The lowest BCUT2D eigenvalue weighted by Gasteiger charge is -2.39. The highest BCUT2D eigenvalue weighted by Gasteiger charge is 2.32. The third-order valence-electron chi connectivity index (χ3n) is 3.62. The second-order valence-electron chi connectivity index (χ2n) is 4.80. The van der Waals surface area contributed by atoms with Crippen LogP contribution in [0.15, 0.2) is 23.8 Å². The molecule has 1 rings (SSSR count). The van der Waals surface area contributed by atoms with Crippen LogP contribution >= 0.6 is 0 Å². The van der Waals surface area contributed by atoms with E-state index in [9.17, 15) is 4.79 Å². The van der Waals surface area contributed by atoms with E-state index in [-0.39, 0.29) is 17.4 Å². The summed E-state index contributed by atoms with van der Waals surface area (Å²) in [6, 6.07) is 0.232. The van der Waals surface area contributed by atoms with Crippen LogP contribution in [0.4, 0.5) is 0 Å². The fraction of sp³-hybridized carbons (Fsp3) is 0.615. The van der Waals surface area contributed by atoms with Crippen LogP contribution in [0.25, 0.3) is 0 Å². The number of hydrogen-bond donors (Lipinski definition) is 0. The summed E-state index contributed by atoms with van der Waals surface area (Å²) in [5, 5.41) is 0. The van der Waals surface area contributed by atoms with Crippen molar-refractivity contribution in [2.24, 2.45) is 5.41 Å². The molecule has 1 aliphatic rings. The maximum Gasteiger partial charge on any atom is 0.219 e. The van der Waals surface area contributed by atoms with Crippen LogP contribution < -0.4 is 0 Å². The van der Waals surface area contributed by atoms with Crippen LogP contribution in [0.2, 0.25) is 0 Å². The Morgan fingerprint density at radius 2 is 2.20 bits per heavy atom. The minimum Gasteiger partial charge on any atom is -0.342 e. The Bertz CT molecular complexity index is 316. The third-order valence-corrected chi connectivity index (χ3v) is 3.62. The highest BCUT2D eigenvalue weighted by Crippen LogP contribution is 2.35. The van der Waals surface area contributed by atoms with Gasteiger partial charge in [-0.25, -0.2) is 0 Å². The molecule has 2 atom stereocenters. The van der Waals surface area contributed by atoms with E-state index in [2.05, 4.69) is 39.0 Å². The summed E-state index contributed by atoms with van der Waals surface area (Å²) in [7, 11) is 1.87. The van der Waals surface area contributed by atoms with Gasteiger partial charge in [0.15, 0.2) is 0 Å². The molecule has 0 aromatic rings. The topological polar surface area (TPSA) is 20.3 Å². The first-order valence-corrected chi connectivity index (χ1v) is 5.46. The maximum absolute atomic E-state index is 11.3. The molecule has 0 aliphatic heterocycles. The Hall–Kier alpha value is -1.05. The van der Waals surface area contributed by atoms with Gasteiger partial charge in [0.05, 0.1) is 0 Å². The van der Waals surface area contributed by atoms with E-state index in [0.29, 0.717) is 0 Å². The first-order chi connectivity index (χ1) is 6.87. The van der Waals surface area contributed by atoms with Gasteiger partial charge in [0.25, 0.3) is 0 Å². The van der Waals surface area contributed by atoms with E-state index >= 15 is 0 Å². The Balaban J connectivity index is 2.80. The molecule has 0 saturated carbocycles. The number of carbonyl (C=O) groups is 1. The van der Waals surface area contributed by atoms with Crippen molar-refractivity contribution in [2.75, 3.05) is 7.05 Å². The molecule has 0 radical (unpaired) electrons. The van der Waals surface area contributed by atoms with Crippen molar-refractivity contribution in [2.45, 2.75) is 40.2 Å². The highest BCUT2D eigenvalue weighted by molar-refractivity contribution is 5.73. The number of allylic oxidation sites excluding steroid dienone is 3. The second-order valence-corrected chi connectivity index (χ2v) is 4.80. The van der Waals surface area contributed by atoms with E-state index < -0.39 is 0 Å². The first kappa shape index (κ1) is 12.0. The quantitative estimate of drug-likeness (QED) is 0.682. The molecule has 0 aromatic heterocycles. The Morgan fingerprint density at radius 1 is 1.60 bits per heavy atom. The lowest BCUT2D eigenvalue weighted by atomic mass is 9.76. The van der Waals surface area contributed by atoms with Gasteiger partial charge >= 0.3 is 0 Å². The van der Waals surface area contributed by atoms with Gasteiger partial charge in [0, 0.05) is 25.4 Å². The SMILES string of the molecule is CC(=O)N(C)C(C)C1(C)C=CC(C)=CC1. The lowest BCUT2D eigenvalue weighted by molar-refractivity contribution is -0.131. The molecule has 0 heterocycles. The number of nitrogens with zero attached hydrogens (tertiary/aromatic N) is 1. The van der Waals surface area contributed by atoms with E-state index in [1.54, 1.807) is 6.92 Å². The molecule has 84 valence electrons. The van der Waals surface area contributed by atoms with Gasteiger partial charge in [-0.05, 0) is 20.3 Å². The van der Waals surface area contributed by atoms with Gasteiger partial charge in [0.2, 0.25) is 5.91 Å². The van der Waals surface area contributed by atoms with Gasteiger partial charge in [-0.1, -0.05) is 30.7 Å². The predicted molar refractivity (Wildman–Crippen MR) is 63.5 cm³/mol. The summed E-state index contributed by atoms with van der Waals surface area (Å²) >= 11 is 0. The number of rotatable bonds is 2. The Morgan fingerprint density at radius 3 is 2.60 bits per heavy atom. The molecule has 0 saturated heterocycles. The normalized spacial score (nSPS) is 27.1. The minimum absolute atomic E-state index is 0.0694. The Labute approximate surface area is 92.7 Å². The summed E-state index contributed by atoms with van der Waals surface area (Å²) < 4.78 is 0. The number of hydrogen-bond acceptors (Lipinski definition) is 1. The number of carbonyl (C=O) groups excluding carboxylic acids is 1. The van der Waals surface area contributed by atoms with E-state index in [4.69, 9.17) is 0 Å². The molecule has 0 spiro atoms. The second kappa shape index (κ2) is 4.21. The maximum atomic E-state index is 11.3. The van der Waals surface area contributed by atoms with Crippen molar-refractivity contribution in [1.29, 1.82) is 0 Å². The van der Waals surface area contributed by atoms with Crippen molar-refractivity contribution >= 4 is 5.91 Å². The molecular weight excluding hydrogens is 186 g/mol. The van der Waals surface area contributed by atoms with Crippen LogP contribution in [0.5, 0.6) is 0 Å². The average Bonchev–Trinajstić information content (AvgIpc) is 2.20. The van der Waals surface area contributed by atoms with Gasteiger partial charge in [-0.2, -0.15) is 0 Å². The third kappa shape index (κ3) is 2.49. The van der Waals surface area contributed by atoms with Crippen LogP contribution in [0.3, 0.4) is 0 Å². The fourth-order valence-electron chi connectivity index (χ4n) is 1.86. The molecule has 15 heavy (non-hydrogen) atoms. The smallest absolute Gasteiger partial charge is 0.219 e. The van der Waals surface area contributed by atoms with Crippen molar-refractivity contribution < 1.29 is 4.79 Å². The summed E-state index contributed by atoms with van der Waals surface area (Å²) in [5.41, 5.74) is 1.38. The van der Waals surface area contributed by atoms with Crippen LogP contribution in [-0.2, 0) is 4.79 Å². The van der Waals surface area contributed by atoms with E-state index in [1.165, 1.54) is 5.57 Å². The zero-order chi connectivity index (χ0) is 11.6. The number of amides is 1. The lowest BCUT2D eigenvalue weighted by Crippen LogP contribution is -2.44. The fourth-order valence-corrected chi connectivity index (χ4v) is 1.86. The molecule has 1 aliphatic carbocycles. The van der Waals surface area contributed by atoms with Gasteiger partial charge in [-0.15, -0.1) is 0 Å². The zero-order valence-corrected chi connectivity index (χ0v) is 10.4. The summed E-state index contributed by atoms with van der Waals surface area (Å²) in [6.45, 7) is 8.04. The molecule has 2 unspecified atom stereocenters. The van der Waals surface area contributed by atoms with Crippen LogP contribution in [-0.4, -0.2) is 23.9 Å². The van der Waals surface area contributed by atoms with Crippen molar-refractivity contribution in [3.63, 3.8) is 0 Å². The monoisotopic (exact) mass is 207 g/mol. The highest BCUT2D eigenvalue weighted by atomic mass is 16.2. The summed E-state index contributed by atoms with van der Waals surface area (Å²) in [4.78, 5) is 13.1. The zero-order valence-electron chi connectivity index (χ0n) is 10.4. The van der Waals surface area contributed by atoms with Crippen LogP contribution in [0.1, 0.15) is 34.1 Å². The molecule has 0 fully saturated rings.